The number of hydrogen-bond acceptors (Lipinski definition) is 3. The normalized spacial score (nSPS) is 23.0. The second kappa shape index (κ2) is 6.12. The molecular formula is C16H24N4O2. The van der Waals surface area contributed by atoms with Gasteiger partial charge in [0.05, 0.1) is 6.54 Å². The Balaban J connectivity index is 1.71. The maximum atomic E-state index is 12.7. The summed E-state index contributed by atoms with van der Waals surface area (Å²) >= 11 is 0. The molecule has 2 saturated heterocycles. The molecule has 1 aromatic rings. The minimum atomic E-state index is 0.0721. The smallest absolute Gasteiger partial charge is 0.270 e. The summed E-state index contributed by atoms with van der Waals surface area (Å²) in [6.07, 6.45) is 1.94. The van der Waals surface area contributed by atoms with E-state index in [1.807, 2.05) is 40.5 Å². The molecule has 1 N–H and O–H groups in total. The van der Waals surface area contributed by atoms with Crippen LogP contribution in [0.2, 0.25) is 0 Å². The minimum Gasteiger partial charge on any atom is -0.344 e. The SMILES string of the molecule is Cc1ccc(C(=O)N2CCCC(N3CCNCC3=O)C2)n1C. The average molecular weight is 304 g/mol. The number of nitrogens with zero attached hydrogens (tertiary/aromatic N) is 3. The number of rotatable bonds is 2. The third-order valence-electron chi connectivity index (χ3n) is 4.84. The summed E-state index contributed by atoms with van der Waals surface area (Å²) in [4.78, 5) is 28.6. The molecule has 0 spiro atoms. The first-order valence-corrected chi connectivity index (χ1v) is 7.99. The predicted molar refractivity (Wildman–Crippen MR) is 83.7 cm³/mol. The van der Waals surface area contributed by atoms with E-state index >= 15 is 0 Å². The van der Waals surface area contributed by atoms with Crippen molar-refractivity contribution in [2.24, 2.45) is 7.05 Å². The van der Waals surface area contributed by atoms with Gasteiger partial charge in [-0.15, -0.1) is 0 Å². The lowest BCUT2D eigenvalue weighted by atomic mass is 10.0. The van der Waals surface area contributed by atoms with Gasteiger partial charge < -0.3 is 19.7 Å². The summed E-state index contributed by atoms with van der Waals surface area (Å²) in [5, 5.41) is 3.10. The highest BCUT2D eigenvalue weighted by molar-refractivity contribution is 5.93. The standard InChI is InChI=1S/C16H24N4O2/c1-12-5-6-14(18(12)2)16(22)19-8-3-4-13(11-19)20-9-7-17-10-15(20)21/h5-6,13,17H,3-4,7-11H2,1-2H3. The molecule has 0 saturated carbocycles. The second-order valence-electron chi connectivity index (χ2n) is 6.23. The summed E-state index contributed by atoms with van der Waals surface area (Å²) in [6, 6.07) is 4.01. The maximum Gasteiger partial charge on any atom is 0.270 e. The highest BCUT2D eigenvalue weighted by atomic mass is 16.2. The highest BCUT2D eigenvalue weighted by Gasteiger charge is 2.32. The van der Waals surface area contributed by atoms with Gasteiger partial charge in [0.1, 0.15) is 5.69 Å². The predicted octanol–water partition coefficient (Wildman–Crippen LogP) is 0.370. The fourth-order valence-corrected chi connectivity index (χ4v) is 3.39. The van der Waals surface area contributed by atoms with Gasteiger partial charge in [0, 0.05) is 45.0 Å². The first-order chi connectivity index (χ1) is 10.6. The lowest BCUT2D eigenvalue weighted by Gasteiger charge is -2.41. The van der Waals surface area contributed by atoms with Crippen molar-refractivity contribution in [3.8, 4) is 0 Å². The fraction of sp³-hybridized carbons (Fsp3) is 0.625. The molecule has 6 nitrogen and oxygen atoms in total. The molecule has 3 heterocycles. The zero-order valence-electron chi connectivity index (χ0n) is 13.3. The number of nitrogens with one attached hydrogen (secondary N) is 1. The van der Waals surface area contributed by atoms with Crippen molar-refractivity contribution < 1.29 is 9.59 Å². The molecular weight excluding hydrogens is 280 g/mol. The van der Waals surface area contributed by atoms with Crippen molar-refractivity contribution in [1.29, 1.82) is 0 Å². The van der Waals surface area contributed by atoms with Crippen molar-refractivity contribution in [2.45, 2.75) is 25.8 Å². The highest BCUT2D eigenvalue weighted by Crippen LogP contribution is 2.19. The van der Waals surface area contributed by atoms with Crippen LogP contribution in [0.5, 0.6) is 0 Å². The van der Waals surface area contributed by atoms with E-state index in [0.29, 0.717) is 13.1 Å². The van der Waals surface area contributed by atoms with Crippen LogP contribution in [0.3, 0.4) is 0 Å². The Bertz CT molecular complexity index is 581. The summed E-state index contributed by atoms with van der Waals surface area (Å²) in [6.45, 7) is 5.42. The molecule has 1 atom stereocenters. The molecule has 0 aromatic carbocycles. The van der Waals surface area contributed by atoms with E-state index in [-0.39, 0.29) is 17.9 Å². The van der Waals surface area contributed by atoms with E-state index in [1.54, 1.807) is 0 Å². The van der Waals surface area contributed by atoms with Gasteiger partial charge in [0.2, 0.25) is 5.91 Å². The van der Waals surface area contributed by atoms with Crippen molar-refractivity contribution in [2.75, 3.05) is 32.7 Å². The molecule has 2 amide bonds. The Kier molecular flexibility index (Phi) is 4.20. The van der Waals surface area contributed by atoms with Crippen LogP contribution < -0.4 is 5.32 Å². The van der Waals surface area contributed by atoms with Crippen molar-refractivity contribution >= 4 is 11.8 Å². The van der Waals surface area contributed by atoms with Crippen LogP contribution in [0, 0.1) is 6.92 Å². The van der Waals surface area contributed by atoms with Crippen LogP contribution in [0.1, 0.15) is 29.0 Å². The largest absolute Gasteiger partial charge is 0.344 e. The number of piperidine rings is 1. The molecule has 0 aliphatic carbocycles. The third-order valence-corrected chi connectivity index (χ3v) is 4.84. The molecule has 3 rings (SSSR count). The number of piperazine rings is 1. The number of likely N-dealkylation sites (tertiary alicyclic amines) is 1. The summed E-state index contributed by atoms with van der Waals surface area (Å²) in [5.74, 6) is 0.225. The van der Waals surface area contributed by atoms with Gasteiger partial charge in [-0.3, -0.25) is 9.59 Å². The number of aryl methyl sites for hydroxylation is 1. The van der Waals surface area contributed by atoms with Gasteiger partial charge in [-0.05, 0) is 31.9 Å². The molecule has 120 valence electrons. The van der Waals surface area contributed by atoms with Crippen molar-refractivity contribution in [1.82, 2.24) is 19.7 Å². The zero-order valence-corrected chi connectivity index (χ0v) is 13.3. The molecule has 2 aliphatic heterocycles. The van der Waals surface area contributed by atoms with Gasteiger partial charge in [-0.1, -0.05) is 0 Å². The monoisotopic (exact) mass is 304 g/mol. The van der Waals surface area contributed by atoms with Gasteiger partial charge in [0.15, 0.2) is 0 Å². The molecule has 2 fully saturated rings. The second-order valence-corrected chi connectivity index (χ2v) is 6.23. The van der Waals surface area contributed by atoms with Crippen molar-refractivity contribution in [3.63, 3.8) is 0 Å². The van der Waals surface area contributed by atoms with Crippen LogP contribution in [0.25, 0.3) is 0 Å². The van der Waals surface area contributed by atoms with Gasteiger partial charge in [-0.25, -0.2) is 0 Å². The number of aromatic nitrogens is 1. The Hall–Kier alpha value is -1.82. The average Bonchev–Trinajstić information content (AvgIpc) is 2.87. The van der Waals surface area contributed by atoms with Crippen molar-refractivity contribution in [3.05, 3.63) is 23.5 Å². The topological polar surface area (TPSA) is 57.6 Å². The Morgan fingerprint density at radius 1 is 1.32 bits per heavy atom. The molecule has 0 radical (unpaired) electrons. The summed E-state index contributed by atoms with van der Waals surface area (Å²) in [5.41, 5.74) is 1.80. The lowest BCUT2D eigenvalue weighted by molar-refractivity contribution is -0.135. The van der Waals surface area contributed by atoms with E-state index in [1.165, 1.54) is 0 Å². The summed E-state index contributed by atoms with van der Waals surface area (Å²) in [7, 11) is 1.92. The number of carbonyl (C=O) groups excluding carboxylic acids is 2. The number of hydrogen-bond donors (Lipinski definition) is 1. The Morgan fingerprint density at radius 3 is 2.82 bits per heavy atom. The van der Waals surface area contributed by atoms with Crippen LogP contribution >= 0.6 is 0 Å². The quantitative estimate of drug-likeness (QED) is 0.859. The van der Waals surface area contributed by atoms with Crippen LogP contribution in [0.15, 0.2) is 12.1 Å². The maximum absolute atomic E-state index is 12.7. The van der Waals surface area contributed by atoms with E-state index in [0.717, 1.165) is 43.9 Å². The summed E-state index contributed by atoms with van der Waals surface area (Å²) < 4.78 is 1.93. The lowest BCUT2D eigenvalue weighted by Crippen LogP contribution is -2.57. The molecule has 6 heteroatoms. The van der Waals surface area contributed by atoms with Crippen LogP contribution in [-0.2, 0) is 11.8 Å². The van der Waals surface area contributed by atoms with E-state index in [9.17, 15) is 9.59 Å². The molecule has 0 bridgehead atoms. The Morgan fingerprint density at radius 2 is 2.14 bits per heavy atom. The zero-order chi connectivity index (χ0) is 15.7. The first-order valence-electron chi connectivity index (χ1n) is 7.99. The number of amides is 2. The third kappa shape index (κ3) is 2.75. The van der Waals surface area contributed by atoms with Gasteiger partial charge >= 0.3 is 0 Å². The minimum absolute atomic E-state index is 0.0721. The van der Waals surface area contributed by atoms with Gasteiger partial charge in [-0.2, -0.15) is 0 Å². The fourth-order valence-electron chi connectivity index (χ4n) is 3.39. The van der Waals surface area contributed by atoms with E-state index in [4.69, 9.17) is 0 Å². The molecule has 2 aliphatic rings. The molecule has 22 heavy (non-hydrogen) atoms. The van der Waals surface area contributed by atoms with Gasteiger partial charge in [0.25, 0.3) is 5.91 Å². The van der Waals surface area contributed by atoms with Crippen LogP contribution in [-0.4, -0.2) is 64.9 Å². The number of carbonyl (C=O) groups is 2. The molecule has 1 unspecified atom stereocenters. The van der Waals surface area contributed by atoms with E-state index < -0.39 is 0 Å². The first kappa shape index (κ1) is 15.1. The molecule has 1 aromatic heterocycles. The Labute approximate surface area is 131 Å². The van der Waals surface area contributed by atoms with Crippen LogP contribution in [0.4, 0.5) is 0 Å². The van der Waals surface area contributed by atoms with E-state index in [2.05, 4.69) is 5.32 Å².